The fraction of sp³-hybridized carbons (Fsp3) is 0.577. The predicted molar refractivity (Wildman–Crippen MR) is 143 cm³/mol. The third-order valence-corrected chi connectivity index (χ3v) is 7.70. The lowest BCUT2D eigenvalue weighted by molar-refractivity contribution is 0.102. The summed E-state index contributed by atoms with van der Waals surface area (Å²) in [6, 6.07) is 4.45. The molecule has 36 heavy (non-hydrogen) atoms. The van der Waals surface area contributed by atoms with Gasteiger partial charge in [-0.3, -0.25) is 9.52 Å². The molecule has 0 radical (unpaired) electrons. The summed E-state index contributed by atoms with van der Waals surface area (Å²) in [6.07, 6.45) is 6.19. The van der Waals surface area contributed by atoms with Crippen molar-refractivity contribution in [1.82, 2.24) is 14.7 Å². The largest absolute Gasteiger partial charge is 0.394 e. The first kappa shape index (κ1) is 26.6. The zero-order valence-corrected chi connectivity index (χ0v) is 22.6. The van der Waals surface area contributed by atoms with Crippen molar-refractivity contribution in [3.05, 3.63) is 35.9 Å². The topological polar surface area (TPSA) is 102 Å². The van der Waals surface area contributed by atoms with Gasteiger partial charge in [-0.25, -0.2) is 14.4 Å². The molecule has 2 heterocycles. The molecule has 1 aliphatic carbocycles. The second-order valence-corrected chi connectivity index (χ2v) is 12.5. The summed E-state index contributed by atoms with van der Waals surface area (Å²) in [4.78, 5) is 25.3. The maximum Gasteiger partial charge on any atom is 0.278 e. The minimum absolute atomic E-state index is 0.0809. The molecule has 2 aliphatic rings. The van der Waals surface area contributed by atoms with Crippen LogP contribution in [-0.4, -0.2) is 51.8 Å². The summed E-state index contributed by atoms with van der Waals surface area (Å²) in [6.45, 7) is 11.3. The summed E-state index contributed by atoms with van der Waals surface area (Å²) in [7, 11) is 0. The average Bonchev–Trinajstić information content (AvgIpc) is 3.56. The summed E-state index contributed by atoms with van der Waals surface area (Å²) >= 11 is 1.31. The molecule has 1 aromatic carbocycles. The van der Waals surface area contributed by atoms with Crippen molar-refractivity contribution in [3.63, 3.8) is 0 Å². The van der Waals surface area contributed by atoms with E-state index in [9.17, 15) is 14.3 Å². The molecule has 8 nitrogen and oxygen atoms in total. The van der Waals surface area contributed by atoms with Gasteiger partial charge in [-0.2, -0.15) is 0 Å². The second-order valence-electron chi connectivity index (χ2n) is 11.7. The first-order valence-electron chi connectivity index (χ1n) is 12.4. The van der Waals surface area contributed by atoms with Crippen LogP contribution in [0.3, 0.4) is 0 Å². The summed E-state index contributed by atoms with van der Waals surface area (Å²) in [5, 5.41) is 15.7. The lowest BCUT2D eigenvalue weighted by atomic mass is 9.93. The van der Waals surface area contributed by atoms with E-state index in [1.54, 1.807) is 6.07 Å². The summed E-state index contributed by atoms with van der Waals surface area (Å²) < 4.78 is 17.6. The molecule has 1 spiro atoms. The number of carbonyl (C=O) groups is 1. The lowest BCUT2D eigenvalue weighted by Crippen LogP contribution is -2.38. The Morgan fingerprint density at radius 3 is 2.44 bits per heavy atom. The third-order valence-electron chi connectivity index (χ3n) is 6.52. The monoisotopic (exact) mass is 516 g/mol. The van der Waals surface area contributed by atoms with Gasteiger partial charge in [0.1, 0.15) is 11.6 Å². The van der Waals surface area contributed by atoms with Crippen LogP contribution in [0.4, 0.5) is 21.7 Å². The van der Waals surface area contributed by atoms with Gasteiger partial charge < -0.3 is 20.6 Å². The number of benzene rings is 1. The van der Waals surface area contributed by atoms with Crippen LogP contribution in [-0.2, 0) is 0 Å². The predicted octanol–water partition coefficient (Wildman–Crippen LogP) is 4.83. The van der Waals surface area contributed by atoms with Crippen molar-refractivity contribution < 1.29 is 14.3 Å². The SMILES string of the molecule is CC(C)(C)NSc1cc(F)cc(NC(=O)c2ncc(NC(C)(C)CO)nc2N2CCC3(CC2)CC3)c1. The van der Waals surface area contributed by atoms with Gasteiger partial charge in [0.25, 0.3) is 5.91 Å². The lowest BCUT2D eigenvalue weighted by Gasteiger charge is -2.34. The molecule has 2 aromatic rings. The van der Waals surface area contributed by atoms with E-state index >= 15 is 0 Å². The number of anilines is 3. The van der Waals surface area contributed by atoms with Crippen LogP contribution in [0.2, 0.25) is 0 Å². The Morgan fingerprint density at radius 2 is 1.83 bits per heavy atom. The molecular weight excluding hydrogens is 479 g/mol. The number of nitrogens with one attached hydrogen (secondary N) is 3. The van der Waals surface area contributed by atoms with Crippen molar-refractivity contribution in [3.8, 4) is 0 Å². The van der Waals surface area contributed by atoms with Crippen LogP contribution in [0.15, 0.2) is 29.3 Å². The summed E-state index contributed by atoms with van der Waals surface area (Å²) in [5.74, 6) is 0.114. The molecule has 196 valence electrons. The maximum absolute atomic E-state index is 14.3. The zero-order chi connectivity index (χ0) is 26.1. The Bertz CT molecular complexity index is 1110. The number of amides is 1. The Labute approximate surface area is 217 Å². The second kappa shape index (κ2) is 10.1. The maximum atomic E-state index is 14.3. The highest BCUT2D eigenvalue weighted by Gasteiger charge is 2.45. The Balaban J connectivity index is 1.57. The zero-order valence-electron chi connectivity index (χ0n) is 21.7. The molecule has 1 aromatic heterocycles. The number of halogens is 1. The van der Waals surface area contributed by atoms with E-state index in [1.807, 2.05) is 34.6 Å². The molecule has 1 aliphatic heterocycles. The number of aromatic nitrogens is 2. The molecule has 0 unspecified atom stereocenters. The fourth-order valence-electron chi connectivity index (χ4n) is 4.17. The van der Waals surface area contributed by atoms with Crippen molar-refractivity contribution in [2.75, 3.05) is 35.2 Å². The van der Waals surface area contributed by atoms with Gasteiger partial charge in [0.05, 0.1) is 18.3 Å². The van der Waals surface area contributed by atoms with Crippen LogP contribution >= 0.6 is 11.9 Å². The number of piperidine rings is 1. The molecule has 0 bridgehead atoms. The number of carbonyl (C=O) groups excluding carboxylic acids is 1. The Hall–Kier alpha value is -2.43. The quantitative estimate of drug-likeness (QED) is 0.370. The number of aliphatic hydroxyl groups is 1. The number of rotatable bonds is 8. The molecule has 1 saturated heterocycles. The molecule has 1 saturated carbocycles. The van der Waals surface area contributed by atoms with Crippen molar-refractivity contribution in [2.45, 2.75) is 76.3 Å². The smallest absolute Gasteiger partial charge is 0.278 e. The molecule has 4 N–H and O–H groups in total. The fourth-order valence-corrected chi connectivity index (χ4v) is 4.95. The van der Waals surface area contributed by atoms with E-state index in [0.717, 1.165) is 25.9 Å². The van der Waals surface area contributed by atoms with Crippen molar-refractivity contribution >= 4 is 35.2 Å². The highest BCUT2D eigenvalue weighted by atomic mass is 32.2. The molecule has 4 rings (SSSR count). The van der Waals surface area contributed by atoms with Crippen molar-refractivity contribution in [2.24, 2.45) is 5.41 Å². The highest BCUT2D eigenvalue weighted by Crippen LogP contribution is 2.54. The highest BCUT2D eigenvalue weighted by molar-refractivity contribution is 7.97. The third kappa shape index (κ3) is 6.86. The normalized spacial score (nSPS) is 17.2. The molecule has 0 atom stereocenters. The number of hydrogen-bond acceptors (Lipinski definition) is 8. The number of nitrogens with zero attached hydrogens (tertiary/aromatic N) is 3. The van der Waals surface area contributed by atoms with Gasteiger partial charge in [-0.15, -0.1) is 0 Å². The van der Waals surface area contributed by atoms with Crippen LogP contribution in [0.5, 0.6) is 0 Å². The standard InChI is InChI=1S/C26H37FN6O2S/c1-24(2,3)32-36-19-13-17(27)12-18(14-19)29-23(35)21-22(33-10-8-26(6-7-26)9-11-33)30-20(15-28-21)31-25(4,5)16-34/h12-15,32,34H,6-11,16H2,1-5H3,(H,29,35)(H,30,31). The van der Waals surface area contributed by atoms with Gasteiger partial charge >= 0.3 is 0 Å². The first-order chi connectivity index (χ1) is 16.9. The molecular formula is C26H37FN6O2S. The Kier molecular flexibility index (Phi) is 7.50. The van der Waals surface area contributed by atoms with E-state index in [2.05, 4.69) is 25.2 Å². The van der Waals surface area contributed by atoms with Crippen molar-refractivity contribution in [1.29, 1.82) is 0 Å². The molecule has 1 amide bonds. The van der Waals surface area contributed by atoms with E-state index in [4.69, 9.17) is 4.98 Å². The minimum Gasteiger partial charge on any atom is -0.394 e. The van der Waals surface area contributed by atoms with Gasteiger partial charge in [-0.05, 0) is 95.9 Å². The first-order valence-corrected chi connectivity index (χ1v) is 13.3. The van der Waals surface area contributed by atoms with Crippen LogP contribution in [0.1, 0.15) is 70.8 Å². The average molecular weight is 517 g/mol. The van der Waals surface area contributed by atoms with Gasteiger partial charge in [0.2, 0.25) is 0 Å². The van der Waals surface area contributed by atoms with E-state index < -0.39 is 17.3 Å². The van der Waals surface area contributed by atoms with Crippen LogP contribution < -0.4 is 20.3 Å². The van der Waals surface area contributed by atoms with Gasteiger partial charge in [0.15, 0.2) is 11.5 Å². The minimum atomic E-state index is -0.591. The molecule has 10 heteroatoms. The van der Waals surface area contributed by atoms with Gasteiger partial charge in [0, 0.05) is 29.2 Å². The van der Waals surface area contributed by atoms with E-state index in [0.29, 0.717) is 27.6 Å². The van der Waals surface area contributed by atoms with E-state index in [-0.39, 0.29) is 17.8 Å². The number of aliphatic hydroxyl groups excluding tert-OH is 1. The summed E-state index contributed by atoms with van der Waals surface area (Å²) in [5.41, 5.74) is 0.272. The van der Waals surface area contributed by atoms with Gasteiger partial charge in [-0.1, -0.05) is 0 Å². The number of hydrogen-bond donors (Lipinski definition) is 4. The van der Waals surface area contributed by atoms with Crippen LogP contribution in [0.25, 0.3) is 0 Å². The van der Waals surface area contributed by atoms with E-state index in [1.165, 1.54) is 43.1 Å². The van der Waals surface area contributed by atoms with Crippen LogP contribution in [0, 0.1) is 11.2 Å². The molecule has 2 fully saturated rings. The Morgan fingerprint density at radius 1 is 1.14 bits per heavy atom.